The summed E-state index contributed by atoms with van der Waals surface area (Å²) in [6, 6.07) is 6.97. The minimum absolute atomic E-state index is 0.369. The van der Waals surface area contributed by atoms with Gasteiger partial charge >= 0.3 is 0 Å². The maximum Gasteiger partial charge on any atom is 0.152 e. The maximum atomic E-state index is 4.42. The third-order valence-electron chi connectivity index (χ3n) is 4.21. The molecule has 108 valence electrons. The van der Waals surface area contributed by atoms with Crippen LogP contribution in [0.1, 0.15) is 24.4 Å². The van der Waals surface area contributed by atoms with Crippen LogP contribution in [-0.2, 0) is 13.0 Å². The van der Waals surface area contributed by atoms with Gasteiger partial charge in [0.15, 0.2) is 5.82 Å². The van der Waals surface area contributed by atoms with E-state index in [4.69, 9.17) is 0 Å². The van der Waals surface area contributed by atoms with E-state index >= 15 is 0 Å². The zero-order valence-corrected chi connectivity index (χ0v) is 12.6. The second-order valence-electron chi connectivity index (χ2n) is 5.36. The highest BCUT2D eigenvalue weighted by atomic mass is 32.1. The summed E-state index contributed by atoms with van der Waals surface area (Å²) >= 11 is 1.69. The summed E-state index contributed by atoms with van der Waals surface area (Å²) in [6.07, 6.45) is 0.899. The van der Waals surface area contributed by atoms with Gasteiger partial charge in [0.1, 0.15) is 0 Å². The second kappa shape index (κ2) is 5.16. The molecular formula is C14H16N6S. The summed E-state index contributed by atoms with van der Waals surface area (Å²) in [4.78, 5) is 6.89. The average Bonchev–Trinajstić information content (AvgIpc) is 3.11. The number of thiazole rings is 1. The van der Waals surface area contributed by atoms with Crippen molar-refractivity contribution in [1.82, 2.24) is 30.1 Å². The third kappa shape index (κ3) is 2.32. The molecule has 21 heavy (non-hydrogen) atoms. The summed E-state index contributed by atoms with van der Waals surface area (Å²) in [7, 11) is 0. The molecule has 0 amide bonds. The Morgan fingerprint density at radius 3 is 3.14 bits per heavy atom. The highest BCUT2D eigenvalue weighted by Crippen LogP contribution is 2.26. The van der Waals surface area contributed by atoms with E-state index in [2.05, 4.69) is 50.5 Å². The van der Waals surface area contributed by atoms with Gasteiger partial charge in [-0.2, -0.15) is 0 Å². The van der Waals surface area contributed by atoms with Gasteiger partial charge in [-0.25, -0.2) is 9.67 Å². The summed E-state index contributed by atoms with van der Waals surface area (Å²) in [6.45, 7) is 5.06. The Morgan fingerprint density at radius 1 is 1.24 bits per heavy atom. The molecule has 1 aromatic carbocycles. The smallest absolute Gasteiger partial charge is 0.152 e. The van der Waals surface area contributed by atoms with Crippen LogP contribution in [0.4, 0.5) is 0 Å². The van der Waals surface area contributed by atoms with Crippen molar-refractivity contribution in [3.05, 3.63) is 35.1 Å². The summed E-state index contributed by atoms with van der Waals surface area (Å²) in [5.41, 5.74) is 4.32. The Balaban J connectivity index is 1.56. The van der Waals surface area contributed by atoms with Crippen molar-refractivity contribution in [2.24, 2.45) is 0 Å². The first-order chi connectivity index (χ1) is 10.3. The average molecular weight is 300 g/mol. The molecule has 1 atom stereocenters. The van der Waals surface area contributed by atoms with E-state index in [1.54, 1.807) is 11.3 Å². The number of aromatic nitrogens is 5. The molecule has 0 aliphatic carbocycles. The fourth-order valence-electron chi connectivity index (χ4n) is 2.89. The monoisotopic (exact) mass is 300 g/mol. The van der Waals surface area contributed by atoms with Crippen molar-refractivity contribution < 1.29 is 0 Å². The lowest BCUT2D eigenvalue weighted by Crippen LogP contribution is -2.30. The second-order valence-corrected chi connectivity index (χ2v) is 6.25. The van der Waals surface area contributed by atoms with Crippen LogP contribution in [0.3, 0.4) is 0 Å². The number of benzene rings is 1. The highest BCUT2D eigenvalue weighted by Gasteiger charge is 2.21. The molecule has 1 aliphatic heterocycles. The van der Waals surface area contributed by atoms with Crippen LogP contribution >= 0.6 is 11.3 Å². The van der Waals surface area contributed by atoms with Crippen LogP contribution in [-0.4, -0.2) is 43.2 Å². The number of nitrogens with zero attached hydrogens (tertiary/aromatic N) is 6. The van der Waals surface area contributed by atoms with Crippen LogP contribution in [0, 0.1) is 0 Å². The fourth-order valence-corrected chi connectivity index (χ4v) is 3.55. The Morgan fingerprint density at radius 2 is 2.19 bits per heavy atom. The summed E-state index contributed by atoms with van der Waals surface area (Å²) in [5, 5.41) is 11.9. The number of hydrogen-bond donors (Lipinski definition) is 0. The van der Waals surface area contributed by atoms with Crippen LogP contribution in [0.25, 0.3) is 10.2 Å². The van der Waals surface area contributed by atoms with E-state index in [0.29, 0.717) is 6.04 Å². The van der Waals surface area contributed by atoms with Gasteiger partial charge in [-0.1, -0.05) is 6.07 Å². The minimum Gasteiger partial charge on any atom is -0.294 e. The number of hydrogen-bond acceptors (Lipinski definition) is 6. The lowest BCUT2D eigenvalue weighted by Gasteiger charge is -2.27. The van der Waals surface area contributed by atoms with Crippen molar-refractivity contribution in [3.8, 4) is 0 Å². The topological polar surface area (TPSA) is 59.7 Å². The number of tetrazole rings is 1. The van der Waals surface area contributed by atoms with Gasteiger partial charge in [0.05, 0.1) is 22.3 Å². The van der Waals surface area contributed by atoms with Crippen molar-refractivity contribution >= 4 is 21.6 Å². The largest absolute Gasteiger partial charge is 0.294 e. The van der Waals surface area contributed by atoms with Crippen LogP contribution < -0.4 is 0 Å². The van der Waals surface area contributed by atoms with E-state index in [1.807, 2.05) is 10.2 Å². The molecule has 0 bridgehead atoms. The predicted octanol–water partition coefficient (Wildman–Crippen LogP) is 1.90. The molecule has 3 heterocycles. The van der Waals surface area contributed by atoms with E-state index < -0.39 is 0 Å². The van der Waals surface area contributed by atoms with Crippen molar-refractivity contribution in [2.45, 2.75) is 25.9 Å². The molecule has 7 heteroatoms. The summed E-state index contributed by atoms with van der Waals surface area (Å²) in [5.74, 6) is 0.986. The quantitative estimate of drug-likeness (QED) is 0.723. The molecule has 2 aromatic heterocycles. The Bertz CT molecular complexity index is 741. The molecule has 6 nitrogen and oxygen atoms in total. The van der Waals surface area contributed by atoms with Gasteiger partial charge in [-0.3, -0.25) is 4.90 Å². The van der Waals surface area contributed by atoms with E-state index in [9.17, 15) is 0 Å². The van der Waals surface area contributed by atoms with Crippen LogP contribution in [0.5, 0.6) is 0 Å². The van der Waals surface area contributed by atoms with E-state index in [1.165, 1.54) is 10.3 Å². The molecule has 0 saturated heterocycles. The molecule has 0 fully saturated rings. The molecule has 0 N–H and O–H groups in total. The first-order valence-electron chi connectivity index (χ1n) is 7.13. The molecule has 1 unspecified atom stereocenters. The fraction of sp³-hybridized carbons (Fsp3) is 0.429. The van der Waals surface area contributed by atoms with Gasteiger partial charge in [0, 0.05) is 25.6 Å². The molecular weight excluding hydrogens is 284 g/mol. The van der Waals surface area contributed by atoms with E-state index in [-0.39, 0.29) is 0 Å². The number of fused-ring (bicyclic) bond motifs is 2. The Hall–Kier alpha value is -1.86. The lowest BCUT2D eigenvalue weighted by molar-refractivity contribution is 0.213. The third-order valence-corrected chi connectivity index (χ3v) is 5.02. The SMILES string of the molecule is CC(c1ccc2scnc2c1)N1CCc2nnnn2CC1. The van der Waals surface area contributed by atoms with Gasteiger partial charge < -0.3 is 0 Å². The van der Waals surface area contributed by atoms with Gasteiger partial charge in [-0.15, -0.1) is 16.4 Å². The van der Waals surface area contributed by atoms with Gasteiger partial charge in [-0.05, 0) is 35.0 Å². The molecule has 0 saturated carbocycles. The highest BCUT2D eigenvalue weighted by molar-refractivity contribution is 7.16. The molecule has 0 spiro atoms. The molecule has 4 rings (SSSR count). The van der Waals surface area contributed by atoms with Crippen LogP contribution in [0.2, 0.25) is 0 Å². The summed E-state index contributed by atoms with van der Waals surface area (Å²) < 4.78 is 3.16. The molecule has 0 radical (unpaired) electrons. The zero-order valence-electron chi connectivity index (χ0n) is 11.8. The van der Waals surface area contributed by atoms with Crippen molar-refractivity contribution in [1.29, 1.82) is 0 Å². The first kappa shape index (κ1) is 12.8. The van der Waals surface area contributed by atoms with Crippen LogP contribution in [0.15, 0.2) is 23.7 Å². The first-order valence-corrected chi connectivity index (χ1v) is 8.01. The maximum absolute atomic E-state index is 4.42. The van der Waals surface area contributed by atoms with Crippen molar-refractivity contribution in [2.75, 3.05) is 13.1 Å². The number of rotatable bonds is 2. The van der Waals surface area contributed by atoms with Gasteiger partial charge in [0.25, 0.3) is 0 Å². The standard InChI is InChI=1S/C14H16N6S/c1-10(11-2-3-13-12(8-11)15-9-21-13)19-5-4-14-16-17-18-20(14)7-6-19/h2-3,8-10H,4-7H2,1H3. The predicted molar refractivity (Wildman–Crippen MR) is 81.1 cm³/mol. The molecule has 1 aliphatic rings. The van der Waals surface area contributed by atoms with Crippen molar-refractivity contribution in [3.63, 3.8) is 0 Å². The van der Waals surface area contributed by atoms with E-state index in [0.717, 1.165) is 37.4 Å². The minimum atomic E-state index is 0.369. The lowest BCUT2D eigenvalue weighted by atomic mass is 10.1. The van der Waals surface area contributed by atoms with Gasteiger partial charge in [0.2, 0.25) is 0 Å². The normalized spacial score (nSPS) is 17.6. The Kier molecular flexibility index (Phi) is 3.16. The Labute approximate surface area is 126 Å². The molecule has 3 aromatic rings. The zero-order chi connectivity index (χ0) is 14.2.